The Hall–Kier alpha value is -0.970. The lowest BCUT2D eigenvalue weighted by Gasteiger charge is -2.20. The second-order valence-electron chi connectivity index (χ2n) is 5.29. The molecule has 1 fully saturated rings. The first-order valence-electron chi connectivity index (χ1n) is 7.16. The average molecular weight is 305 g/mol. The lowest BCUT2D eigenvalue weighted by molar-refractivity contribution is 0.0977. The van der Waals surface area contributed by atoms with E-state index in [1.807, 2.05) is 28.8 Å². The van der Waals surface area contributed by atoms with Gasteiger partial charge in [-0.3, -0.25) is 9.69 Å². The van der Waals surface area contributed by atoms with Gasteiger partial charge in [0.25, 0.3) is 0 Å². The molecule has 2 aromatic rings. The normalized spacial score (nSPS) is 14.8. The lowest BCUT2D eigenvalue weighted by Crippen LogP contribution is -2.26. The summed E-state index contributed by atoms with van der Waals surface area (Å²) >= 11 is 3.38. The van der Waals surface area contributed by atoms with E-state index >= 15 is 0 Å². The van der Waals surface area contributed by atoms with E-state index in [9.17, 15) is 4.79 Å². The van der Waals surface area contributed by atoms with Crippen molar-refractivity contribution in [3.63, 3.8) is 0 Å². The molecule has 0 spiro atoms. The van der Waals surface area contributed by atoms with E-state index in [0.717, 1.165) is 30.4 Å². The maximum absolute atomic E-state index is 12.0. The smallest absolute Gasteiger partial charge is 0.172 e. The highest BCUT2D eigenvalue weighted by molar-refractivity contribution is 7.12. The van der Waals surface area contributed by atoms with Crippen LogP contribution in [0.5, 0.6) is 0 Å². The van der Waals surface area contributed by atoms with Gasteiger partial charge in [-0.25, -0.2) is 0 Å². The quantitative estimate of drug-likeness (QED) is 0.672. The van der Waals surface area contributed by atoms with Gasteiger partial charge in [0.05, 0.1) is 4.88 Å². The predicted octanol–water partition coefficient (Wildman–Crippen LogP) is 4.44. The third kappa shape index (κ3) is 3.78. The van der Waals surface area contributed by atoms with Crippen molar-refractivity contribution in [2.75, 3.05) is 6.54 Å². The van der Waals surface area contributed by atoms with Crippen LogP contribution in [0.1, 0.15) is 40.2 Å². The van der Waals surface area contributed by atoms with Gasteiger partial charge in [0.2, 0.25) is 0 Å². The van der Waals surface area contributed by atoms with E-state index in [2.05, 4.69) is 22.4 Å². The van der Waals surface area contributed by atoms with Crippen LogP contribution in [0.4, 0.5) is 0 Å². The number of hydrogen-bond donors (Lipinski definition) is 0. The summed E-state index contributed by atoms with van der Waals surface area (Å²) in [7, 11) is 0. The maximum Gasteiger partial charge on any atom is 0.172 e. The van der Waals surface area contributed by atoms with E-state index in [-0.39, 0.29) is 0 Å². The zero-order valence-electron chi connectivity index (χ0n) is 11.5. The van der Waals surface area contributed by atoms with Gasteiger partial charge in [0.15, 0.2) is 5.78 Å². The molecular weight excluding hydrogens is 286 g/mol. The third-order valence-electron chi connectivity index (χ3n) is 3.65. The third-order valence-corrected chi connectivity index (χ3v) is 5.42. The Balaban J connectivity index is 1.46. The van der Waals surface area contributed by atoms with Gasteiger partial charge in [0, 0.05) is 23.9 Å². The van der Waals surface area contributed by atoms with Gasteiger partial charge in [-0.1, -0.05) is 12.1 Å². The Kier molecular flexibility index (Phi) is 4.65. The topological polar surface area (TPSA) is 20.3 Å². The molecule has 2 heterocycles. The molecule has 0 atom stereocenters. The van der Waals surface area contributed by atoms with Gasteiger partial charge in [-0.15, -0.1) is 22.7 Å². The van der Waals surface area contributed by atoms with Crippen molar-refractivity contribution in [1.29, 1.82) is 0 Å². The summed E-state index contributed by atoms with van der Waals surface area (Å²) in [6.07, 6.45) is 4.29. The van der Waals surface area contributed by atoms with Gasteiger partial charge < -0.3 is 0 Å². The van der Waals surface area contributed by atoms with Gasteiger partial charge >= 0.3 is 0 Å². The van der Waals surface area contributed by atoms with Gasteiger partial charge in [-0.2, -0.15) is 0 Å². The largest absolute Gasteiger partial charge is 0.295 e. The Labute approximate surface area is 128 Å². The molecule has 3 rings (SSSR count). The second kappa shape index (κ2) is 6.66. The van der Waals surface area contributed by atoms with Crippen LogP contribution in [-0.2, 0) is 6.54 Å². The molecule has 0 unspecified atom stereocenters. The number of Topliss-reactive ketones (excluding diaryl/α,β-unsaturated/α-hetero) is 1. The number of thiophene rings is 2. The average Bonchev–Trinajstić information content (AvgIpc) is 2.94. The molecule has 0 aliphatic heterocycles. The Morgan fingerprint density at radius 3 is 2.65 bits per heavy atom. The fraction of sp³-hybridized carbons (Fsp3) is 0.438. The molecule has 1 aliphatic carbocycles. The molecule has 0 saturated heterocycles. The van der Waals surface area contributed by atoms with Crippen molar-refractivity contribution in [3.05, 3.63) is 44.8 Å². The summed E-state index contributed by atoms with van der Waals surface area (Å²) in [5, 5.41) is 4.11. The molecule has 106 valence electrons. The SMILES string of the molecule is O=C(CCCN(Cc1cccs1)C1CC1)c1cccs1. The van der Waals surface area contributed by atoms with Crippen molar-refractivity contribution >= 4 is 28.5 Å². The van der Waals surface area contributed by atoms with Crippen molar-refractivity contribution in [1.82, 2.24) is 4.90 Å². The van der Waals surface area contributed by atoms with Crippen molar-refractivity contribution in [3.8, 4) is 0 Å². The van der Waals surface area contributed by atoms with Crippen LogP contribution >= 0.6 is 22.7 Å². The van der Waals surface area contributed by atoms with E-state index < -0.39 is 0 Å². The molecule has 20 heavy (non-hydrogen) atoms. The number of carbonyl (C=O) groups is 1. The number of nitrogens with zero attached hydrogens (tertiary/aromatic N) is 1. The van der Waals surface area contributed by atoms with Crippen molar-refractivity contribution in [2.45, 2.75) is 38.3 Å². The zero-order valence-corrected chi connectivity index (χ0v) is 13.1. The van der Waals surface area contributed by atoms with Gasteiger partial charge in [-0.05, 0) is 48.7 Å². The number of hydrogen-bond acceptors (Lipinski definition) is 4. The monoisotopic (exact) mass is 305 g/mol. The fourth-order valence-electron chi connectivity index (χ4n) is 2.44. The highest BCUT2D eigenvalue weighted by Gasteiger charge is 2.28. The first-order valence-corrected chi connectivity index (χ1v) is 8.92. The molecule has 2 nitrogen and oxygen atoms in total. The van der Waals surface area contributed by atoms with Crippen LogP contribution in [-0.4, -0.2) is 23.3 Å². The first-order chi connectivity index (χ1) is 9.83. The Bertz CT molecular complexity index is 529. The minimum atomic E-state index is 0.298. The number of carbonyl (C=O) groups excluding carboxylic acids is 1. The van der Waals surface area contributed by atoms with E-state index in [1.54, 1.807) is 11.3 Å². The summed E-state index contributed by atoms with van der Waals surface area (Å²) < 4.78 is 0. The Morgan fingerprint density at radius 1 is 1.20 bits per heavy atom. The van der Waals surface area contributed by atoms with E-state index in [4.69, 9.17) is 0 Å². The summed E-state index contributed by atoms with van der Waals surface area (Å²) in [4.78, 5) is 16.9. The first kappa shape index (κ1) is 14.0. The van der Waals surface area contributed by atoms with Crippen molar-refractivity contribution < 1.29 is 4.79 Å². The molecular formula is C16H19NOS2. The lowest BCUT2D eigenvalue weighted by atomic mass is 10.2. The van der Waals surface area contributed by atoms with Crippen LogP contribution in [0.25, 0.3) is 0 Å². The number of ketones is 1. The molecule has 0 bridgehead atoms. The van der Waals surface area contributed by atoms with Crippen LogP contribution in [0.15, 0.2) is 35.0 Å². The molecule has 0 radical (unpaired) electrons. The summed E-state index contributed by atoms with van der Waals surface area (Å²) in [6.45, 7) is 2.09. The molecule has 0 aromatic carbocycles. The van der Waals surface area contributed by atoms with Crippen molar-refractivity contribution in [2.24, 2.45) is 0 Å². The minimum Gasteiger partial charge on any atom is -0.295 e. The molecule has 0 amide bonds. The molecule has 4 heteroatoms. The zero-order chi connectivity index (χ0) is 13.8. The molecule has 2 aromatic heterocycles. The van der Waals surface area contributed by atoms with Crippen LogP contribution in [0, 0.1) is 0 Å². The highest BCUT2D eigenvalue weighted by Crippen LogP contribution is 2.29. The fourth-order valence-corrected chi connectivity index (χ4v) is 3.86. The molecule has 1 saturated carbocycles. The number of rotatable bonds is 8. The second-order valence-corrected chi connectivity index (χ2v) is 7.26. The highest BCUT2D eigenvalue weighted by atomic mass is 32.1. The van der Waals surface area contributed by atoms with Crippen LogP contribution in [0.3, 0.4) is 0 Å². The maximum atomic E-state index is 12.0. The standard InChI is InChI=1S/C16H19NOS2/c18-15(16-6-3-11-20-16)5-1-9-17(13-7-8-13)12-14-4-2-10-19-14/h2-4,6,10-11,13H,1,5,7-9,12H2. The van der Waals surface area contributed by atoms with E-state index in [1.165, 1.54) is 17.7 Å². The summed E-state index contributed by atoms with van der Waals surface area (Å²) in [5.74, 6) is 0.298. The Morgan fingerprint density at radius 2 is 2.00 bits per heavy atom. The van der Waals surface area contributed by atoms with Crippen LogP contribution in [0.2, 0.25) is 0 Å². The minimum absolute atomic E-state index is 0.298. The summed E-state index contributed by atoms with van der Waals surface area (Å²) in [6, 6.07) is 8.96. The molecule has 1 aliphatic rings. The van der Waals surface area contributed by atoms with E-state index in [0.29, 0.717) is 12.2 Å². The van der Waals surface area contributed by atoms with Gasteiger partial charge in [0.1, 0.15) is 0 Å². The summed E-state index contributed by atoms with van der Waals surface area (Å²) in [5.41, 5.74) is 0. The molecule has 0 N–H and O–H groups in total. The van der Waals surface area contributed by atoms with Crippen LogP contribution < -0.4 is 0 Å². The predicted molar refractivity (Wildman–Crippen MR) is 85.6 cm³/mol.